The zero-order valence-electron chi connectivity index (χ0n) is 13.6. The second-order valence-electron chi connectivity index (χ2n) is 5.68. The zero-order valence-corrected chi connectivity index (χ0v) is 17.4. The molecule has 1 saturated carbocycles. The summed E-state index contributed by atoms with van der Waals surface area (Å²) in [5.74, 6) is 0.780. The first-order valence-electron chi connectivity index (χ1n) is 7.58. The summed E-state index contributed by atoms with van der Waals surface area (Å²) in [6.45, 7) is 0. The average Bonchev–Trinajstić information content (AvgIpc) is 3.41. The molecule has 1 heterocycles. The van der Waals surface area contributed by atoms with E-state index in [0.29, 0.717) is 28.0 Å². The number of pyridine rings is 1. The third kappa shape index (κ3) is 4.12. The number of halogens is 2. The topological polar surface area (TPSA) is 72.4 Å². The highest BCUT2D eigenvalue weighted by molar-refractivity contribution is 14.1. The summed E-state index contributed by atoms with van der Waals surface area (Å²) in [7, 11) is 1.87. The molecule has 3 rings (SSSR count). The number of benzene rings is 1. The fourth-order valence-corrected chi connectivity index (χ4v) is 4.30. The van der Waals surface area contributed by atoms with E-state index in [1.165, 1.54) is 17.7 Å². The van der Waals surface area contributed by atoms with Crippen molar-refractivity contribution in [3.05, 3.63) is 43.2 Å². The number of anilines is 3. The molecule has 1 aliphatic carbocycles. The lowest BCUT2D eigenvalue weighted by Crippen LogP contribution is -2.22. The Morgan fingerprint density at radius 2 is 2.08 bits per heavy atom. The summed E-state index contributed by atoms with van der Waals surface area (Å²) in [6, 6.07) is 6.92. The van der Waals surface area contributed by atoms with Crippen molar-refractivity contribution in [2.45, 2.75) is 18.1 Å². The van der Waals surface area contributed by atoms with Crippen LogP contribution in [0.25, 0.3) is 0 Å². The quantitative estimate of drug-likeness (QED) is 0.603. The highest BCUT2D eigenvalue weighted by atomic mass is 127. The van der Waals surface area contributed by atoms with Gasteiger partial charge in [0.05, 0.1) is 23.1 Å². The van der Waals surface area contributed by atoms with Crippen LogP contribution in [0.2, 0.25) is 5.02 Å². The van der Waals surface area contributed by atoms with Crippen LogP contribution < -0.4 is 20.3 Å². The van der Waals surface area contributed by atoms with Crippen molar-refractivity contribution >= 4 is 62.4 Å². The van der Waals surface area contributed by atoms with E-state index in [1.54, 1.807) is 7.05 Å². The van der Waals surface area contributed by atoms with E-state index in [2.05, 4.69) is 32.6 Å². The van der Waals surface area contributed by atoms with Crippen LogP contribution in [0.15, 0.2) is 29.1 Å². The van der Waals surface area contributed by atoms with Crippen LogP contribution in [0.4, 0.5) is 17.2 Å². The SMILES string of the molecule is COc1cc(=O)n(C)c(Nc2ccc(I)cc2Cl)c1NS(=O)C1CC1. The summed E-state index contributed by atoms with van der Waals surface area (Å²) in [5.41, 5.74) is 0.874. The Labute approximate surface area is 166 Å². The Morgan fingerprint density at radius 3 is 2.68 bits per heavy atom. The van der Waals surface area contributed by atoms with Gasteiger partial charge in [-0.3, -0.25) is 14.1 Å². The second-order valence-corrected chi connectivity index (χ2v) is 8.80. The van der Waals surface area contributed by atoms with Crippen molar-refractivity contribution in [3.63, 3.8) is 0 Å². The zero-order chi connectivity index (χ0) is 18.1. The fourth-order valence-electron chi connectivity index (χ4n) is 2.27. The predicted molar refractivity (Wildman–Crippen MR) is 110 cm³/mol. The maximum atomic E-state index is 12.4. The molecule has 1 aromatic heterocycles. The van der Waals surface area contributed by atoms with Gasteiger partial charge >= 0.3 is 0 Å². The van der Waals surface area contributed by atoms with E-state index >= 15 is 0 Å². The van der Waals surface area contributed by atoms with Crippen LogP contribution in [-0.4, -0.2) is 21.1 Å². The normalized spacial score (nSPS) is 14.9. The first-order valence-corrected chi connectivity index (χ1v) is 10.2. The molecule has 0 spiro atoms. The molecule has 0 radical (unpaired) electrons. The molecule has 134 valence electrons. The Hall–Kier alpha value is -1.26. The number of ether oxygens (including phenoxy) is 1. The van der Waals surface area contributed by atoms with Crippen LogP contribution in [0.3, 0.4) is 0 Å². The number of nitrogens with one attached hydrogen (secondary N) is 2. The Balaban J connectivity index is 2.07. The minimum absolute atomic E-state index is 0.136. The van der Waals surface area contributed by atoms with E-state index in [-0.39, 0.29) is 10.8 Å². The van der Waals surface area contributed by atoms with E-state index in [1.807, 2.05) is 18.2 Å². The van der Waals surface area contributed by atoms with Gasteiger partial charge in [0.1, 0.15) is 22.5 Å². The molecule has 2 aromatic rings. The molecule has 0 amide bonds. The van der Waals surface area contributed by atoms with Crippen LogP contribution in [-0.2, 0) is 18.0 Å². The molecule has 1 aromatic carbocycles. The van der Waals surface area contributed by atoms with Crippen molar-refractivity contribution in [2.24, 2.45) is 7.05 Å². The minimum atomic E-state index is -1.24. The first kappa shape index (κ1) is 18.5. The number of hydrogen-bond donors (Lipinski definition) is 2. The van der Waals surface area contributed by atoms with Gasteiger partial charge in [0.25, 0.3) is 5.56 Å². The largest absolute Gasteiger partial charge is 0.494 e. The van der Waals surface area contributed by atoms with E-state index in [9.17, 15) is 9.00 Å². The smallest absolute Gasteiger partial charge is 0.255 e. The standard InChI is InChI=1S/C16H17ClIN3O3S/c1-21-14(22)8-13(24-2)15(20-25(23)10-4-5-10)16(21)19-12-6-3-9(18)7-11(12)17/h3,6-8,10,19-20H,4-5H2,1-2H3. The van der Waals surface area contributed by atoms with Crippen LogP contribution in [0, 0.1) is 3.57 Å². The lowest BCUT2D eigenvalue weighted by atomic mass is 10.3. The van der Waals surface area contributed by atoms with Crippen molar-refractivity contribution < 1.29 is 8.95 Å². The van der Waals surface area contributed by atoms with Gasteiger partial charge in [-0.05, 0) is 53.6 Å². The predicted octanol–water partition coefficient (Wildman–Crippen LogP) is 3.63. The maximum absolute atomic E-state index is 12.4. The first-order chi connectivity index (χ1) is 11.9. The lowest BCUT2D eigenvalue weighted by molar-refractivity contribution is 0.415. The van der Waals surface area contributed by atoms with Crippen molar-refractivity contribution in [2.75, 3.05) is 17.1 Å². The molecule has 2 N–H and O–H groups in total. The van der Waals surface area contributed by atoms with Gasteiger partial charge in [0.2, 0.25) is 0 Å². The molecule has 6 nitrogen and oxygen atoms in total. The maximum Gasteiger partial charge on any atom is 0.255 e. The molecule has 1 unspecified atom stereocenters. The summed E-state index contributed by atoms with van der Waals surface area (Å²) in [5, 5.41) is 3.83. The van der Waals surface area contributed by atoms with Gasteiger partial charge in [0, 0.05) is 16.7 Å². The van der Waals surface area contributed by atoms with E-state index < -0.39 is 11.0 Å². The van der Waals surface area contributed by atoms with E-state index in [4.69, 9.17) is 16.3 Å². The second kappa shape index (κ2) is 7.55. The fraction of sp³-hybridized carbons (Fsp3) is 0.312. The number of nitrogens with zero attached hydrogens (tertiary/aromatic N) is 1. The van der Waals surface area contributed by atoms with Gasteiger partial charge in [-0.1, -0.05) is 11.6 Å². The van der Waals surface area contributed by atoms with Crippen molar-refractivity contribution in [3.8, 4) is 5.75 Å². The van der Waals surface area contributed by atoms with Crippen LogP contribution in [0.1, 0.15) is 12.8 Å². The molecule has 1 fully saturated rings. The number of methoxy groups -OCH3 is 1. The van der Waals surface area contributed by atoms with Crippen LogP contribution >= 0.6 is 34.2 Å². The third-order valence-corrected chi connectivity index (χ3v) is 6.30. The van der Waals surface area contributed by atoms with Gasteiger partial charge in [-0.15, -0.1) is 0 Å². The summed E-state index contributed by atoms with van der Waals surface area (Å²) >= 11 is 8.47. The summed E-state index contributed by atoms with van der Waals surface area (Å²) in [4.78, 5) is 12.2. The van der Waals surface area contributed by atoms with Gasteiger partial charge in [-0.25, -0.2) is 4.21 Å². The molecule has 1 atom stereocenters. The Kier molecular flexibility index (Phi) is 5.59. The summed E-state index contributed by atoms with van der Waals surface area (Å²) in [6.07, 6.45) is 1.86. The number of rotatable bonds is 6. The number of hydrogen-bond acceptors (Lipinski definition) is 4. The third-order valence-electron chi connectivity index (χ3n) is 3.84. The van der Waals surface area contributed by atoms with Crippen molar-refractivity contribution in [1.29, 1.82) is 0 Å². The lowest BCUT2D eigenvalue weighted by Gasteiger charge is -2.19. The molecule has 0 aliphatic heterocycles. The average molecular weight is 494 g/mol. The summed E-state index contributed by atoms with van der Waals surface area (Å²) < 4.78 is 23.1. The van der Waals surface area contributed by atoms with Gasteiger partial charge < -0.3 is 10.1 Å². The monoisotopic (exact) mass is 493 g/mol. The van der Waals surface area contributed by atoms with Gasteiger partial charge in [0.15, 0.2) is 5.75 Å². The Morgan fingerprint density at radius 1 is 1.36 bits per heavy atom. The molecule has 1 aliphatic rings. The number of aromatic nitrogens is 1. The molecule has 0 bridgehead atoms. The van der Waals surface area contributed by atoms with E-state index in [0.717, 1.165) is 16.4 Å². The molecule has 25 heavy (non-hydrogen) atoms. The van der Waals surface area contributed by atoms with Crippen LogP contribution in [0.5, 0.6) is 5.75 Å². The molecular weight excluding hydrogens is 477 g/mol. The molecule has 0 saturated heterocycles. The molecular formula is C16H17ClIN3O3S. The molecule has 9 heteroatoms. The highest BCUT2D eigenvalue weighted by Gasteiger charge is 2.30. The Bertz CT molecular complexity index is 899. The van der Waals surface area contributed by atoms with Gasteiger partial charge in [-0.2, -0.15) is 0 Å². The highest BCUT2D eigenvalue weighted by Crippen LogP contribution is 2.37. The minimum Gasteiger partial charge on any atom is -0.494 e. The van der Waals surface area contributed by atoms with Crippen molar-refractivity contribution in [1.82, 2.24) is 4.57 Å².